The van der Waals surface area contributed by atoms with E-state index in [1.807, 2.05) is 0 Å². The SMILES string of the molecule is CCOC(=O)C1CNC/C1=N\OC. The van der Waals surface area contributed by atoms with Gasteiger partial charge in [-0.15, -0.1) is 0 Å². The fraction of sp³-hybridized carbons (Fsp3) is 0.750. The molecule has 1 heterocycles. The number of nitrogens with zero attached hydrogens (tertiary/aromatic N) is 1. The van der Waals surface area contributed by atoms with Crippen LogP contribution < -0.4 is 5.32 Å². The Labute approximate surface area is 77.1 Å². The molecule has 1 N–H and O–H groups in total. The minimum Gasteiger partial charge on any atom is -0.465 e. The summed E-state index contributed by atoms with van der Waals surface area (Å²) in [6.07, 6.45) is 0. The molecule has 1 unspecified atom stereocenters. The van der Waals surface area contributed by atoms with E-state index in [4.69, 9.17) is 4.74 Å². The van der Waals surface area contributed by atoms with E-state index in [2.05, 4.69) is 15.3 Å². The van der Waals surface area contributed by atoms with Crippen LogP contribution in [0, 0.1) is 5.92 Å². The van der Waals surface area contributed by atoms with E-state index in [0.717, 1.165) is 0 Å². The highest BCUT2D eigenvalue weighted by Crippen LogP contribution is 2.08. The fourth-order valence-electron chi connectivity index (χ4n) is 1.26. The lowest BCUT2D eigenvalue weighted by atomic mass is 10.1. The summed E-state index contributed by atoms with van der Waals surface area (Å²) < 4.78 is 4.89. The van der Waals surface area contributed by atoms with Gasteiger partial charge in [0.15, 0.2) is 0 Å². The fourth-order valence-corrected chi connectivity index (χ4v) is 1.26. The third kappa shape index (κ3) is 2.42. The Hall–Kier alpha value is -1.10. The molecule has 0 saturated carbocycles. The largest absolute Gasteiger partial charge is 0.465 e. The van der Waals surface area contributed by atoms with Crippen molar-refractivity contribution in [1.29, 1.82) is 0 Å². The average molecular weight is 186 g/mol. The number of ether oxygens (including phenoxy) is 1. The maximum atomic E-state index is 11.3. The highest BCUT2D eigenvalue weighted by atomic mass is 16.6. The summed E-state index contributed by atoms with van der Waals surface area (Å²) >= 11 is 0. The Morgan fingerprint density at radius 3 is 3.15 bits per heavy atom. The third-order valence-electron chi connectivity index (χ3n) is 1.84. The van der Waals surface area contributed by atoms with E-state index in [1.54, 1.807) is 6.92 Å². The Balaban J connectivity index is 2.57. The van der Waals surface area contributed by atoms with Crippen LogP contribution in [0.3, 0.4) is 0 Å². The van der Waals surface area contributed by atoms with Gasteiger partial charge in [-0.2, -0.15) is 0 Å². The van der Waals surface area contributed by atoms with Crippen molar-refractivity contribution in [3.8, 4) is 0 Å². The Kier molecular flexibility index (Phi) is 3.70. The normalized spacial score (nSPS) is 24.8. The standard InChI is InChI=1S/C8H14N2O3/c1-3-13-8(11)6-4-9-5-7(6)10-12-2/h6,9H,3-5H2,1-2H3/b10-7+. The summed E-state index contributed by atoms with van der Waals surface area (Å²) in [5, 5.41) is 6.80. The lowest BCUT2D eigenvalue weighted by Gasteiger charge is -2.07. The highest BCUT2D eigenvalue weighted by molar-refractivity contribution is 6.04. The number of rotatable bonds is 3. The molecule has 0 aliphatic carbocycles. The predicted octanol–water partition coefficient (Wildman–Crippen LogP) is -0.229. The number of carbonyl (C=O) groups excluding carboxylic acids is 1. The van der Waals surface area contributed by atoms with E-state index >= 15 is 0 Å². The first-order valence-electron chi connectivity index (χ1n) is 4.26. The lowest BCUT2D eigenvalue weighted by molar-refractivity contribution is -0.145. The van der Waals surface area contributed by atoms with Gasteiger partial charge >= 0.3 is 5.97 Å². The molecule has 0 amide bonds. The molecule has 1 fully saturated rings. The van der Waals surface area contributed by atoms with Gasteiger partial charge in [-0.05, 0) is 6.92 Å². The van der Waals surface area contributed by atoms with Crippen molar-refractivity contribution in [2.45, 2.75) is 6.92 Å². The zero-order valence-corrected chi connectivity index (χ0v) is 7.87. The number of esters is 1. The van der Waals surface area contributed by atoms with E-state index in [-0.39, 0.29) is 11.9 Å². The van der Waals surface area contributed by atoms with Crippen LogP contribution in [0.1, 0.15) is 6.92 Å². The third-order valence-corrected chi connectivity index (χ3v) is 1.84. The first-order valence-corrected chi connectivity index (χ1v) is 4.26. The van der Waals surface area contributed by atoms with Crippen molar-refractivity contribution in [1.82, 2.24) is 5.32 Å². The van der Waals surface area contributed by atoms with Gasteiger partial charge in [0.1, 0.15) is 13.0 Å². The van der Waals surface area contributed by atoms with Gasteiger partial charge in [0.2, 0.25) is 0 Å². The average Bonchev–Trinajstić information content (AvgIpc) is 2.54. The minimum absolute atomic E-state index is 0.233. The molecule has 5 heteroatoms. The van der Waals surface area contributed by atoms with E-state index in [1.165, 1.54) is 7.11 Å². The van der Waals surface area contributed by atoms with Crippen molar-refractivity contribution in [3.05, 3.63) is 0 Å². The van der Waals surface area contributed by atoms with Gasteiger partial charge in [0.25, 0.3) is 0 Å². The zero-order valence-electron chi connectivity index (χ0n) is 7.87. The number of carbonyl (C=O) groups is 1. The topological polar surface area (TPSA) is 59.9 Å². The number of hydrogen-bond acceptors (Lipinski definition) is 5. The minimum atomic E-state index is -0.278. The monoisotopic (exact) mass is 186 g/mol. The van der Waals surface area contributed by atoms with Gasteiger partial charge in [-0.1, -0.05) is 5.16 Å². The predicted molar refractivity (Wildman–Crippen MR) is 47.4 cm³/mol. The molecule has 1 saturated heterocycles. The van der Waals surface area contributed by atoms with Gasteiger partial charge in [0, 0.05) is 13.1 Å². The molecule has 13 heavy (non-hydrogen) atoms. The van der Waals surface area contributed by atoms with Crippen LogP contribution in [0.15, 0.2) is 5.16 Å². The second-order valence-corrected chi connectivity index (χ2v) is 2.70. The van der Waals surface area contributed by atoms with Crippen molar-refractivity contribution >= 4 is 11.7 Å². The van der Waals surface area contributed by atoms with Crippen molar-refractivity contribution in [2.24, 2.45) is 11.1 Å². The van der Waals surface area contributed by atoms with Crippen molar-refractivity contribution < 1.29 is 14.4 Å². The van der Waals surface area contributed by atoms with Crippen LogP contribution in [0.4, 0.5) is 0 Å². The van der Waals surface area contributed by atoms with Crippen LogP contribution in [-0.2, 0) is 14.4 Å². The Bertz CT molecular complexity index is 215. The number of nitrogens with one attached hydrogen (secondary N) is 1. The molecule has 1 atom stereocenters. The van der Waals surface area contributed by atoms with Crippen molar-refractivity contribution in [3.63, 3.8) is 0 Å². The second kappa shape index (κ2) is 4.81. The Morgan fingerprint density at radius 2 is 2.54 bits per heavy atom. The number of oxime groups is 1. The summed E-state index contributed by atoms with van der Waals surface area (Å²) in [5.41, 5.74) is 0.709. The quantitative estimate of drug-likeness (QED) is 0.488. The second-order valence-electron chi connectivity index (χ2n) is 2.70. The molecular weight excluding hydrogens is 172 g/mol. The van der Waals surface area contributed by atoms with Gasteiger partial charge in [0.05, 0.1) is 12.3 Å². The maximum absolute atomic E-state index is 11.3. The molecule has 1 aliphatic heterocycles. The van der Waals surface area contributed by atoms with E-state index in [9.17, 15) is 4.79 Å². The maximum Gasteiger partial charge on any atom is 0.316 e. The van der Waals surface area contributed by atoms with Gasteiger partial charge in [-0.3, -0.25) is 4.79 Å². The molecule has 0 spiro atoms. The molecule has 5 nitrogen and oxygen atoms in total. The van der Waals surface area contributed by atoms with Crippen LogP contribution in [0.5, 0.6) is 0 Å². The molecule has 0 aromatic carbocycles. The smallest absolute Gasteiger partial charge is 0.316 e. The number of hydrogen-bond donors (Lipinski definition) is 1. The zero-order chi connectivity index (χ0) is 9.68. The molecule has 0 aromatic rings. The van der Waals surface area contributed by atoms with Crippen LogP contribution in [0.25, 0.3) is 0 Å². The summed E-state index contributed by atoms with van der Waals surface area (Å²) in [6.45, 7) is 3.36. The Morgan fingerprint density at radius 1 is 1.77 bits per heavy atom. The van der Waals surface area contributed by atoms with E-state index < -0.39 is 0 Å². The molecule has 0 radical (unpaired) electrons. The first kappa shape index (κ1) is 9.98. The molecule has 0 aromatic heterocycles. The molecule has 0 bridgehead atoms. The van der Waals surface area contributed by atoms with Crippen LogP contribution >= 0.6 is 0 Å². The molecular formula is C8H14N2O3. The first-order chi connectivity index (χ1) is 6.29. The van der Waals surface area contributed by atoms with Gasteiger partial charge in [-0.25, -0.2) is 0 Å². The lowest BCUT2D eigenvalue weighted by Crippen LogP contribution is -2.25. The molecule has 1 aliphatic rings. The van der Waals surface area contributed by atoms with Crippen molar-refractivity contribution in [2.75, 3.05) is 26.8 Å². The van der Waals surface area contributed by atoms with Crippen LogP contribution in [0.2, 0.25) is 0 Å². The molecule has 74 valence electrons. The van der Waals surface area contributed by atoms with Crippen LogP contribution in [-0.4, -0.2) is 38.5 Å². The summed E-state index contributed by atoms with van der Waals surface area (Å²) in [6, 6.07) is 0. The summed E-state index contributed by atoms with van der Waals surface area (Å²) in [7, 11) is 1.47. The summed E-state index contributed by atoms with van der Waals surface area (Å²) in [4.78, 5) is 16.0. The highest BCUT2D eigenvalue weighted by Gasteiger charge is 2.30. The summed E-state index contributed by atoms with van der Waals surface area (Å²) in [5.74, 6) is -0.511. The van der Waals surface area contributed by atoms with Gasteiger partial charge < -0.3 is 14.9 Å². The van der Waals surface area contributed by atoms with E-state index in [0.29, 0.717) is 25.4 Å². The molecule has 1 rings (SSSR count).